The van der Waals surface area contributed by atoms with E-state index in [2.05, 4.69) is 92.0 Å². The van der Waals surface area contributed by atoms with Gasteiger partial charge in [0.2, 0.25) is 0 Å². The highest BCUT2D eigenvalue weighted by Gasteiger charge is 2.42. The summed E-state index contributed by atoms with van der Waals surface area (Å²) in [5.74, 6) is 0. The summed E-state index contributed by atoms with van der Waals surface area (Å²) in [6.07, 6.45) is 1.20. The van der Waals surface area contributed by atoms with Crippen molar-refractivity contribution < 1.29 is 16.5 Å². The molecule has 0 unspecified atom stereocenters. The summed E-state index contributed by atoms with van der Waals surface area (Å²) in [4.78, 5) is 0. The van der Waals surface area contributed by atoms with Crippen LogP contribution in [0.15, 0.2) is 0 Å². The standard InChI is InChI=1S/C18H50O4Si6/c1-15-16-24(5,6)20-28(13,14)22-26(9,10)18-17-25(7,8)21-27(11,12)19-23(2,3)4/h15-18H2,1-14H3. The summed E-state index contributed by atoms with van der Waals surface area (Å²) in [6, 6.07) is 3.48. The third-order valence-corrected chi connectivity index (χ3v) is 26.4. The Morgan fingerprint density at radius 1 is 0.429 bits per heavy atom. The lowest BCUT2D eigenvalue weighted by molar-refractivity contribution is 0.382. The topological polar surface area (TPSA) is 36.9 Å². The van der Waals surface area contributed by atoms with Gasteiger partial charge >= 0.3 is 17.1 Å². The van der Waals surface area contributed by atoms with Crippen LogP contribution in [0.4, 0.5) is 0 Å². The highest BCUT2D eigenvalue weighted by atomic mass is 28.5. The molecular formula is C18H50O4Si6. The summed E-state index contributed by atoms with van der Waals surface area (Å²) in [5.41, 5.74) is 0. The number of hydrogen-bond donors (Lipinski definition) is 0. The SMILES string of the molecule is CCC[Si](C)(C)O[Si](C)(C)O[Si](C)(C)CC[Si](C)(C)O[Si](C)(C)O[Si](C)(C)C. The molecule has 0 aliphatic rings. The Morgan fingerprint density at radius 3 is 1.00 bits per heavy atom. The summed E-state index contributed by atoms with van der Waals surface area (Å²) in [7, 11) is -10.9. The van der Waals surface area contributed by atoms with E-state index in [-0.39, 0.29) is 0 Å². The first kappa shape index (κ1) is 29.1. The monoisotopic (exact) mass is 498 g/mol. The molecular weight excluding hydrogens is 449 g/mol. The second kappa shape index (κ2) is 10.2. The van der Waals surface area contributed by atoms with Gasteiger partial charge in [0.1, 0.15) is 0 Å². The van der Waals surface area contributed by atoms with Crippen LogP contribution in [0.1, 0.15) is 13.3 Å². The second-order valence-electron chi connectivity index (χ2n) is 11.8. The Hall–Kier alpha value is 1.14. The van der Waals surface area contributed by atoms with Gasteiger partial charge in [-0.3, -0.25) is 0 Å². The van der Waals surface area contributed by atoms with Crippen LogP contribution in [0.2, 0.25) is 103 Å². The van der Waals surface area contributed by atoms with Crippen molar-refractivity contribution in [2.24, 2.45) is 0 Å². The maximum atomic E-state index is 6.76. The molecule has 28 heavy (non-hydrogen) atoms. The van der Waals surface area contributed by atoms with Crippen LogP contribution in [0.3, 0.4) is 0 Å². The molecule has 10 heteroatoms. The molecule has 0 heterocycles. The van der Waals surface area contributed by atoms with Crippen molar-refractivity contribution in [1.82, 2.24) is 0 Å². The highest BCUT2D eigenvalue weighted by molar-refractivity contribution is 6.90. The zero-order valence-electron chi connectivity index (χ0n) is 21.5. The zero-order valence-corrected chi connectivity index (χ0v) is 27.5. The Morgan fingerprint density at radius 2 is 0.714 bits per heavy atom. The first-order valence-corrected chi connectivity index (χ1v) is 29.3. The van der Waals surface area contributed by atoms with Gasteiger partial charge in [0.25, 0.3) is 0 Å². The normalized spacial score (nSPS) is 15.2. The Kier molecular flexibility index (Phi) is 10.6. The van der Waals surface area contributed by atoms with E-state index in [9.17, 15) is 0 Å². The molecule has 0 aliphatic heterocycles. The number of hydrogen-bond acceptors (Lipinski definition) is 4. The van der Waals surface area contributed by atoms with Crippen molar-refractivity contribution in [3.8, 4) is 0 Å². The third-order valence-electron chi connectivity index (χ3n) is 4.30. The van der Waals surface area contributed by atoms with Crippen molar-refractivity contribution >= 4 is 50.4 Å². The minimum Gasteiger partial charge on any atom is -0.437 e. The Labute approximate surface area is 183 Å². The largest absolute Gasteiger partial charge is 0.437 e. The van der Waals surface area contributed by atoms with Crippen LogP contribution < -0.4 is 0 Å². The molecule has 0 radical (unpaired) electrons. The molecule has 0 aromatic carbocycles. The zero-order chi connectivity index (χ0) is 22.7. The first-order valence-electron chi connectivity index (χ1n) is 10.9. The van der Waals surface area contributed by atoms with Crippen LogP contribution in [0.25, 0.3) is 0 Å². The lowest BCUT2D eigenvalue weighted by atomic mass is 10.6. The Bertz CT molecular complexity index is 487. The minimum absolute atomic E-state index is 1.14. The molecule has 0 rings (SSSR count). The predicted molar refractivity (Wildman–Crippen MR) is 140 cm³/mol. The van der Waals surface area contributed by atoms with Gasteiger partial charge in [-0.05, 0) is 103 Å². The molecule has 0 aromatic rings. The molecule has 4 nitrogen and oxygen atoms in total. The van der Waals surface area contributed by atoms with Crippen molar-refractivity contribution in [3.05, 3.63) is 0 Å². The van der Waals surface area contributed by atoms with Gasteiger partial charge in [-0.2, -0.15) is 0 Å². The molecule has 0 aromatic heterocycles. The summed E-state index contributed by atoms with van der Waals surface area (Å²) < 4.78 is 26.5. The smallest absolute Gasteiger partial charge is 0.311 e. The number of rotatable bonds is 13. The van der Waals surface area contributed by atoms with Crippen LogP contribution in [0.5, 0.6) is 0 Å². The summed E-state index contributed by atoms with van der Waals surface area (Å²) in [5, 5.41) is 0. The van der Waals surface area contributed by atoms with Gasteiger partial charge in [-0.25, -0.2) is 0 Å². The molecule has 0 saturated heterocycles. The molecule has 0 aliphatic carbocycles. The van der Waals surface area contributed by atoms with E-state index in [0.29, 0.717) is 0 Å². The molecule has 0 N–H and O–H groups in total. The maximum absolute atomic E-state index is 6.76. The van der Waals surface area contributed by atoms with E-state index in [1.807, 2.05) is 0 Å². The van der Waals surface area contributed by atoms with Crippen LogP contribution in [0, 0.1) is 0 Å². The van der Waals surface area contributed by atoms with Crippen LogP contribution in [-0.2, 0) is 16.5 Å². The molecule has 0 amide bonds. The minimum atomic E-state index is -2.10. The lowest BCUT2D eigenvalue weighted by Gasteiger charge is -2.41. The Balaban J connectivity index is 4.88. The van der Waals surface area contributed by atoms with E-state index in [0.717, 1.165) is 12.1 Å². The lowest BCUT2D eigenvalue weighted by Crippen LogP contribution is -2.54. The maximum Gasteiger partial charge on any atom is 0.311 e. The van der Waals surface area contributed by atoms with Gasteiger partial charge in [0.05, 0.1) is 0 Å². The molecule has 170 valence electrons. The second-order valence-corrected chi connectivity index (χ2v) is 37.0. The van der Waals surface area contributed by atoms with Gasteiger partial charge in [0, 0.05) is 0 Å². The highest BCUT2D eigenvalue weighted by Crippen LogP contribution is 2.30. The van der Waals surface area contributed by atoms with E-state index < -0.39 is 50.4 Å². The third kappa shape index (κ3) is 14.2. The van der Waals surface area contributed by atoms with Gasteiger partial charge < -0.3 is 16.5 Å². The average molecular weight is 499 g/mol. The van der Waals surface area contributed by atoms with Crippen LogP contribution >= 0.6 is 0 Å². The molecule has 0 bridgehead atoms. The quantitative estimate of drug-likeness (QED) is 0.249. The van der Waals surface area contributed by atoms with E-state index in [4.69, 9.17) is 16.5 Å². The fourth-order valence-corrected chi connectivity index (χ4v) is 34.3. The fraction of sp³-hybridized carbons (Fsp3) is 1.00. The van der Waals surface area contributed by atoms with Crippen LogP contribution in [-0.4, -0.2) is 50.4 Å². The van der Waals surface area contributed by atoms with Crippen molar-refractivity contribution in [2.45, 2.75) is 117 Å². The van der Waals surface area contributed by atoms with Crippen molar-refractivity contribution in [2.75, 3.05) is 0 Å². The van der Waals surface area contributed by atoms with Gasteiger partial charge in [-0.15, -0.1) is 0 Å². The first-order chi connectivity index (χ1) is 12.1. The fourth-order valence-electron chi connectivity index (χ4n) is 4.13. The molecule has 0 fully saturated rings. The predicted octanol–water partition coefficient (Wildman–Crippen LogP) is 7.32. The molecule has 0 atom stereocenters. The van der Waals surface area contributed by atoms with E-state index >= 15 is 0 Å². The van der Waals surface area contributed by atoms with Gasteiger partial charge in [0.15, 0.2) is 33.3 Å². The van der Waals surface area contributed by atoms with Crippen molar-refractivity contribution in [3.63, 3.8) is 0 Å². The summed E-state index contributed by atoms with van der Waals surface area (Å²) in [6.45, 7) is 32.0. The summed E-state index contributed by atoms with van der Waals surface area (Å²) >= 11 is 0. The van der Waals surface area contributed by atoms with Gasteiger partial charge in [-0.1, -0.05) is 13.3 Å². The van der Waals surface area contributed by atoms with E-state index in [1.165, 1.54) is 12.5 Å². The van der Waals surface area contributed by atoms with Crippen molar-refractivity contribution in [1.29, 1.82) is 0 Å². The molecule has 0 spiro atoms. The molecule has 0 saturated carbocycles. The van der Waals surface area contributed by atoms with E-state index in [1.54, 1.807) is 0 Å². The average Bonchev–Trinajstić information content (AvgIpc) is 2.28.